The van der Waals surface area contributed by atoms with Gasteiger partial charge in [-0.25, -0.2) is 13.8 Å². The van der Waals surface area contributed by atoms with Crippen LogP contribution in [-0.2, 0) is 5.44 Å². The highest BCUT2D eigenvalue weighted by Crippen LogP contribution is 2.37. The lowest BCUT2D eigenvalue weighted by atomic mass is 9.69. The lowest BCUT2D eigenvalue weighted by Gasteiger charge is -2.34. The average molecular weight is 551 g/mol. The summed E-state index contributed by atoms with van der Waals surface area (Å²) >= 11 is 0. The Labute approximate surface area is 233 Å². The number of nitrogens with zero attached hydrogens (tertiary/aromatic N) is 5. The van der Waals surface area contributed by atoms with E-state index in [-0.39, 0.29) is 28.3 Å². The molecular weight excluding hydrogens is 530 g/mol. The summed E-state index contributed by atoms with van der Waals surface area (Å²) < 4.78 is 41.2. The van der Waals surface area contributed by atoms with Crippen LogP contribution < -0.4 is 21.6 Å². The van der Waals surface area contributed by atoms with Crippen LogP contribution in [0, 0.1) is 40.2 Å². The van der Waals surface area contributed by atoms with E-state index < -0.39 is 17.2 Å². The summed E-state index contributed by atoms with van der Waals surface area (Å²) in [7, 11) is 1.92. The van der Waals surface area contributed by atoms with Gasteiger partial charge in [-0.05, 0) is 42.7 Å². The Kier molecular flexibility index (Phi) is 6.37. The van der Waals surface area contributed by atoms with E-state index in [0.717, 1.165) is 36.4 Å². The Balaban J connectivity index is 1.48. The van der Waals surface area contributed by atoms with Gasteiger partial charge >= 0.3 is 0 Å². The van der Waals surface area contributed by atoms with Crippen molar-refractivity contribution >= 4 is 35.8 Å². The van der Waals surface area contributed by atoms with Crippen molar-refractivity contribution in [3.8, 4) is 12.1 Å². The number of hydrazine groups is 2. The number of hydrogen-bond acceptors (Lipinski definition) is 9. The number of nitriles is 2. The smallest absolute Gasteiger partial charge is 0.249 e. The first-order chi connectivity index (χ1) is 19.8. The summed E-state index contributed by atoms with van der Waals surface area (Å²) in [6.45, 7) is 0. The Hall–Kier alpha value is -5.27. The van der Waals surface area contributed by atoms with Crippen LogP contribution in [0.2, 0.25) is 0 Å². The number of benzene rings is 2. The molecule has 2 aromatic heterocycles. The number of hydrogen-bond donors (Lipinski definition) is 4. The third-order valence-corrected chi connectivity index (χ3v) is 7.16. The number of pyridine rings is 2. The lowest BCUT2D eigenvalue weighted by molar-refractivity contribution is 0.260. The van der Waals surface area contributed by atoms with Gasteiger partial charge in [-0.3, -0.25) is 9.99 Å². The van der Waals surface area contributed by atoms with E-state index in [1.807, 2.05) is 19.1 Å². The molecule has 0 saturated heterocycles. The molecule has 3 heterocycles. The first-order valence-electron chi connectivity index (χ1n) is 12.7. The van der Waals surface area contributed by atoms with E-state index in [2.05, 4.69) is 43.7 Å². The molecule has 4 aromatic rings. The molecule has 1 saturated carbocycles. The molecule has 0 radical (unpaired) electrons. The van der Waals surface area contributed by atoms with Gasteiger partial charge in [0.2, 0.25) is 5.95 Å². The number of aromatic nitrogens is 2. The van der Waals surface area contributed by atoms with E-state index in [4.69, 9.17) is 0 Å². The molecule has 0 amide bonds. The zero-order valence-corrected chi connectivity index (χ0v) is 21.6. The highest BCUT2D eigenvalue weighted by atomic mass is 19.2. The van der Waals surface area contributed by atoms with E-state index in [1.165, 1.54) is 18.3 Å². The van der Waals surface area contributed by atoms with Crippen molar-refractivity contribution in [1.29, 1.82) is 10.5 Å². The normalized spacial score (nSPS) is 15.8. The maximum absolute atomic E-state index is 13.9. The molecule has 0 bridgehead atoms. The second-order valence-corrected chi connectivity index (χ2v) is 9.99. The molecular formula is C28H21BF3N9. The minimum atomic E-state index is -1.25. The number of nitrogens with one attached hydrogen (secondary N) is 4. The van der Waals surface area contributed by atoms with Gasteiger partial charge in [-0.15, -0.1) is 5.53 Å². The predicted octanol–water partition coefficient (Wildman–Crippen LogP) is 3.76. The number of rotatable bonds is 7. The molecule has 2 aliphatic rings. The standard InChI is InChI=1S/C28H21BF3N9/c29-28(17-1-3-18(30)4-2-17,24-14-41(40-39-24)21-5-6-21)38-19-7-15(10-33)25-22(8-19)26(16(11-34)12-35-25)37-20-9-23(31)27(32)36-13-20/h1-4,7-9,12-14,21,38-40H,5-6,29H2,(H,35,37). The summed E-state index contributed by atoms with van der Waals surface area (Å²) in [5.74, 6) is -2.79. The Morgan fingerprint density at radius 1 is 0.976 bits per heavy atom. The van der Waals surface area contributed by atoms with Crippen LogP contribution in [0.25, 0.3) is 10.9 Å². The molecule has 9 nitrogen and oxygen atoms in total. The molecule has 0 spiro atoms. The zero-order valence-electron chi connectivity index (χ0n) is 21.6. The molecule has 202 valence electrons. The molecule has 1 aliphatic heterocycles. The van der Waals surface area contributed by atoms with Gasteiger partial charge in [0.25, 0.3) is 0 Å². The minimum absolute atomic E-state index is 0.104. The maximum Gasteiger partial charge on any atom is 0.249 e. The van der Waals surface area contributed by atoms with E-state index in [0.29, 0.717) is 22.6 Å². The second kappa shape index (κ2) is 10.0. The average Bonchev–Trinajstić information content (AvgIpc) is 3.70. The Morgan fingerprint density at radius 3 is 2.41 bits per heavy atom. The summed E-state index contributed by atoms with van der Waals surface area (Å²) in [6, 6.07) is 14.9. The number of anilines is 3. The molecule has 4 N–H and O–H groups in total. The van der Waals surface area contributed by atoms with Crippen LogP contribution in [0.5, 0.6) is 0 Å². The predicted molar refractivity (Wildman–Crippen MR) is 148 cm³/mol. The first kappa shape index (κ1) is 26.0. The highest BCUT2D eigenvalue weighted by Gasteiger charge is 2.38. The SMILES string of the molecule is BC(Nc1cc(C#N)c2ncc(C#N)c(Nc3cnc(F)c(F)c3)c2c1)(C1=CN(C2CC2)NN1)c1ccc(F)cc1. The fourth-order valence-electron chi connectivity index (χ4n) is 4.81. The quantitative estimate of drug-likeness (QED) is 0.201. The zero-order chi connectivity index (χ0) is 28.7. The van der Waals surface area contributed by atoms with Crippen LogP contribution in [-0.4, -0.2) is 28.9 Å². The second-order valence-electron chi connectivity index (χ2n) is 9.99. The van der Waals surface area contributed by atoms with Crippen LogP contribution in [0.3, 0.4) is 0 Å². The van der Waals surface area contributed by atoms with Gasteiger partial charge in [0, 0.05) is 35.6 Å². The minimum Gasteiger partial charge on any atom is -0.378 e. The van der Waals surface area contributed by atoms with Gasteiger partial charge < -0.3 is 16.1 Å². The molecule has 1 aliphatic carbocycles. The van der Waals surface area contributed by atoms with Gasteiger partial charge in [0.05, 0.1) is 45.4 Å². The van der Waals surface area contributed by atoms with Crippen LogP contribution in [0.1, 0.15) is 29.5 Å². The third kappa shape index (κ3) is 4.84. The molecule has 6 rings (SSSR count). The fraction of sp³-hybridized carbons (Fsp3) is 0.143. The van der Waals surface area contributed by atoms with Crippen molar-refractivity contribution in [1.82, 2.24) is 25.9 Å². The maximum atomic E-state index is 13.9. The van der Waals surface area contributed by atoms with Gasteiger partial charge in [0.15, 0.2) is 5.82 Å². The summed E-state index contributed by atoms with van der Waals surface area (Å²) in [4.78, 5) is 7.73. The van der Waals surface area contributed by atoms with Crippen molar-refractivity contribution in [3.05, 3.63) is 101 Å². The fourth-order valence-corrected chi connectivity index (χ4v) is 4.81. The van der Waals surface area contributed by atoms with Crippen LogP contribution in [0.4, 0.5) is 30.2 Å². The third-order valence-electron chi connectivity index (χ3n) is 7.16. The summed E-state index contributed by atoms with van der Waals surface area (Å²) in [5, 5.41) is 28.6. The number of halogens is 3. The summed E-state index contributed by atoms with van der Waals surface area (Å²) in [6.07, 6.45) is 6.49. The molecule has 41 heavy (non-hydrogen) atoms. The van der Waals surface area contributed by atoms with Crippen molar-refractivity contribution < 1.29 is 13.2 Å². The van der Waals surface area contributed by atoms with Crippen LogP contribution >= 0.6 is 0 Å². The topological polar surface area (TPSA) is 125 Å². The lowest BCUT2D eigenvalue weighted by Crippen LogP contribution is -2.45. The van der Waals surface area contributed by atoms with E-state index >= 15 is 0 Å². The molecule has 1 atom stereocenters. The molecule has 2 aromatic carbocycles. The molecule has 13 heteroatoms. The van der Waals surface area contributed by atoms with Gasteiger partial charge in [-0.1, -0.05) is 12.1 Å². The van der Waals surface area contributed by atoms with Crippen molar-refractivity contribution in [2.75, 3.05) is 10.6 Å². The molecule has 1 unspecified atom stereocenters. The van der Waals surface area contributed by atoms with Gasteiger partial charge in [0.1, 0.15) is 25.8 Å². The van der Waals surface area contributed by atoms with Crippen molar-refractivity contribution in [2.45, 2.75) is 24.3 Å². The van der Waals surface area contributed by atoms with Crippen molar-refractivity contribution in [2.24, 2.45) is 0 Å². The Bertz CT molecular complexity index is 1800. The van der Waals surface area contributed by atoms with Crippen molar-refractivity contribution in [3.63, 3.8) is 0 Å². The monoisotopic (exact) mass is 551 g/mol. The van der Waals surface area contributed by atoms with E-state index in [9.17, 15) is 23.7 Å². The van der Waals surface area contributed by atoms with Crippen LogP contribution in [0.15, 0.2) is 66.8 Å². The summed E-state index contributed by atoms with van der Waals surface area (Å²) in [5.41, 5.74) is 8.43. The first-order valence-corrected chi connectivity index (χ1v) is 12.7. The largest absolute Gasteiger partial charge is 0.378 e. The Morgan fingerprint density at radius 2 is 1.73 bits per heavy atom. The highest BCUT2D eigenvalue weighted by molar-refractivity contribution is 6.19. The van der Waals surface area contributed by atoms with E-state index in [1.54, 1.807) is 24.3 Å². The number of fused-ring (bicyclic) bond motifs is 1. The van der Waals surface area contributed by atoms with Gasteiger partial charge in [-0.2, -0.15) is 14.9 Å². The molecule has 1 fully saturated rings.